The van der Waals surface area contributed by atoms with Gasteiger partial charge in [0.25, 0.3) is 0 Å². The second-order valence-corrected chi connectivity index (χ2v) is 4.95. The van der Waals surface area contributed by atoms with Crippen LogP contribution in [0, 0.1) is 0 Å². The van der Waals surface area contributed by atoms with E-state index in [1.54, 1.807) is 0 Å². The minimum absolute atomic E-state index is 0.163. The zero-order valence-electron chi connectivity index (χ0n) is 9.06. The van der Waals surface area contributed by atoms with Crippen molar-refractivity contribution < 1.29 is 4.79 Å². The van der Waals surface area contributed by atoms with Crippen LogP contribution in [0.2, 0.25) is 0 Å². The maximum absolute atomic E-state index is 11.7. The maximum atomic E-state index is 11.7. The van der Waals surface area contributed by atoms with Crippen molar-refractivity contribution in [3.8, 4) is 0 Å². The van der Waals surface area contributed by atoms with Crippen LogP contribution in [0.15, 0.2) is 0 Å². The Kier molecular flexibility index (Phi) is 4.75. The largest absolute Gasteiger partial charge is 0.354 e. The van der Waals surface area contributed by atoms with E-state index >= 15 is 0 Å². The fraction of sp³-hybridized carbons (Fsp3) is 0.900. The molecule has 1 heterocycles. The van der Waals surface area contributed by atoms with E-state index in [0.717, 1.165) is 38.1 Å². The summed E-state index contributed by atoms with van der Waals surface area (Å²) in [7, 11) is 0. The first kappa shape index (κ1) is 11.9. The molecule has 1 amide bonds. The molecule has 4 heteroatoms. The fourth-order valence-corrected chi connectivity index (χ4v) is 2.13. The van der Waals surface area contributed by atoms with E-state index in [4.69, 9.17) is 0 Å². The number of amides is 1. The number of nitrogens with one attached hydrogen (secondary N) is 2. The van der Waals surface area contributed by atoms with Gasteiger partial charge in [0.15, 0.2) is 0 Å². The molecule has 0 saturated carbocycles. The number of rotatable bonds is 5. The summed E-state index contributed by atoms with van der Waals surface area (Å²) in [4.78, 5) is 11.7. The summed E-state index contributed by atoms with van der Waals surface area (Å²) >= 11 is 1.82. The van der Waals surface area contributed by atoms with Crippen molar-refractivity contribution in [2.45, 2.75) is 31.7 Å². The molecule has 0 radical (unpaired) electrons. The van der Waals surface area contributed by atoms with Crippen molar-refractivity contribution in [1.82, 2.24) is 10.6 Å². The maximum Gasteiger partial charge on any atom is 0.240 e. The number of hydrogen-bond acceptors (Lipinski definition) is 3. The van der Waals surface area contributed by atoms with E-state index in [-0.39, 0.29) is 11.4 Å². The highest BCUT2D eigenvalue weighted by molar-refractivity contribution is 7.98. The molecule has 0 aromatic rings. The molecule has 1 aliphatic heterocycles. The lowest BCUT2D eigenvalue weighted by Crippen LogP contribution is -2.51. The van der Waals surface area contributed by atoms with E-state index in [2.05, 4.69) is 16.9 Å². The van der Waals surface area contributed by atoms with Crippen molar-refractivity contribution >= 4 is 17.7 Å². The van der Waals surface area contributed by atoms with Gasteiger partial charge < -0.3 is 10.6 Å². The average molecular weight is 216 g/mol. The van der Waals surface area contributed by atoms with Crippen LogP contribution >= 0.6 is 11.8 Å². The molecule has 2 N–H and O–H groups in total. The van der Waals surface area contributed by atoms with E-state index in [0.29, 0.717) is 0 Å². The highest BCUT2D eigenvalue weighted by Crippen LogP contribution is 2.18. The van der Waals surface area contributed by atoms with E-state index in [9.17, 15) is 4.79 Å². The summed E-state index contributed by atoms with van der Waals surface area (Å²) < 4.78 is 0. The van der Waals surface area contributed by atoms with Crippen LogP contribution < -0.4 is 10.6 Å². The van der Waals surface area contributed by atoms with E-state index in [1.807, 2.05) is 18.7 Å². The number of hydrogen-bond donors (Lipinski definition) is 2. The molecule has 1 unspecified atom stereocenters. The Hall–Kier alpha value is -0.220. The first-order chi connectivity index (χ1) is 6.69. The van der Waals surface area contributed by atoms with Crippen molar-refractivity contribution in [3.05, 3.63) is 0 Å². The highest BCUT2D eigenvalue weighted by Gasteiger charge is 2.35. The molecule has 1 rings (SSSR count). The summed E-state index contributed by atoms with van der Waals surface area (Å²) in [6.07, 6.45) is 5.21. The first-order valence-electron chi connectivity index (χ1n) is 5.21. The standard InChI is InChI=1S/C10H20N2OS/c1-10(5-3-7-12-10)9(13)11-6-4-8-14-2/h12H,3-8H2,1-2H3,(H,11,13). The molecule has 0 aromatic carbocycles. The van der Waals surface area contributed by atoms with Crippen molar-refractivity contribution in [2.24, 2.45) is 0 Å². The molecule has 0 bridgehead atoms. The summed E-state index contributed by atoms with van der Waals surface area (Å²) in [5.74, 6) is 1.28. The predicted molar refractivity (Wildman–Crippen MR) is 61.7 cm³/mol. The Balaban J connectivity index is 2.20. The van der Waals surface area contributed by atoms with Gasteiger partial charge in [0.1, 0.15) is 0 Å². The molecule has 3 nitrogen and oxygen atoms in total. The molecule has 1 atom stereocenters. The molecular formula is C10H20N2OS. The Morgan fingerprint density at radius 2 is 2.43 bits per heavy atom. The third-order valence-corrected chi connectivity index (χ3v) is 3.38. The van der Waals surface area contributed by atoms with Gasteiger partial charge in [-0.15, -0.1) is 0 Å². The monoisotopic (exact) mass is 216 g/mol. The quantitative estimate of drug-likeness (QED) is 0.674. The van der Waals surface area contributed by atoms with Crippen LogP contribution in [0.4, 0.5) is 0 Å². The fourth-order valence-electron chi connectivity index (χ4n) is 1.70. The molecule has 0 spiro atoms. The van der Waals surface area contributed by atoms with Gasteiger partial charge in [0.2, 0.25) is 5.91 Å². The van der Waals surface area contributed by atoms with Crippen LogP contribution in [-0.2, 0) is 4.79 Å². The third kappa shape index (κ3) is 3.17. The summed E-state index contributed by atoms with van der Waals surface area (Å²) in [5, 5.41) is 6.24. The highest BCUT2D eigenvalue weighted by atomic mass is 32.2. The van der Waals surface area contributed by atoms with Crippen LogP contribution in [0.25, 0.3) is 0 Å². The van der Waals surface area contributed by atoms with Crippen LogP contribution in [0.5, 0.6) is 0 Å². The van der Waals surface area contributed by atoms with Gasteiger partial charge in [-0.3, -0.25) is 4.79 Å². The van der Waals surface area contributed by atoms with Gasteiger partial charge in [-0.2, -0.15) is 11.8 Å². The van der Waals surface area contributed by atoms with Crippen LogP contribution in [-0.4, -0.2) is 36.5 Å². The normalized spacial score (nSPS) is 26.4. The SMILES string of the molecule is CSCCCNC(=O)C1(C)CCCN1. The molecule has 1 aliphatic rings. The molecule has 1 fully saturated rings. The summed E-state index contributed by atoms with van der Waals surface area (Å²) in [6, 6.07) is 0. The Morgan fingerprint density at radius 1 is 1.64 bits per heavy atom. The number of thioether (sulfide) groups is 1. The van der Waals surface area contributed by atoms with Gasteiger partial charge in [-0.05, 0) is 44.7 Å². The molecule has 14 heavy (non-hydrogen) atoms. The lowest BCUT2D eigenvalue weighted by molar-refractivity contribution is -0.126. The van der Waals surface area contributed by atoms with Gasteiger partial charge >= 0.3 is 0 Å². The molecular weight excluding hydrogens is 196 g/mol. The van der Waals surface area contributed by atoms with Gasteiger partial charge in [-0.1, -0.05) is 0 Å². The van der Waals surface area contributed by atoms with Crippen molar-refractivity contribution in [2.75, 3.05) is 25.1 Å². The number of carbonyl (C=O) groups is 1. The minimum atomic E-state index is -0.306. The molecule has 1 saturated heterocycles. The Labute approximate surface area is 90.4 Å². The third-order valence-electron chi connectivity index (χ3n) is 2.68. The van der Waals surface area contributed by atoms with E-state index in [1.165, 1.54) is 0 Å². The van der Waals surface area contributed by atoms with E-state index < -0.39 is 0 Å². The zero-order chi connectivity index (χ0) is 10.4. The topological polar surface area (TPSA) is 41.1 Å². The van der Waals surface area contributed by atoms with Gasteiger partial charge in [-0.25, -0.2) is 0 Å². The second kappa shape index (κ2) is 5.61. The second-order valence-electron chi connectivity index (χ2n) is 3.96. The lowest BCUT2D eigenvalue weighted by Gasteiger charge is -2.22. The summed E-state index contributed by atoms with van der Waals surface area (Å²) in [5.41, 5.74) is -0.306. The minimum Gasteiger partial charge on any atom is -0.354 e. The van der Waals surface area contributed by atoms with Gasteiger partial charge in [0, 0.05) is 6.54 Å². The van der Waals surface area contributed by atoms with Crippen LogP contribution in [0.1, 0.15) is 26.2 Å². The lowest BCUT2D eigenvalue weighted by atomic mass is 9.99. The molecule has 82 valence electrons. The predicted octanol–water partition coefficient (Wildman–Crippen LogP) is 0.998. The average Bonchev–Trinajstić information content (AvgIpc) is 2.61. The Bertz CT molecular complexity index is 191. The summed E-state index contributed by atoms with van der Waals surface area (Å²) in [6.45, 7) is 3.76. The first-order valence-corrected chi connectivity index (χ1v) is 6.61. The zero-order valence-corrected chi connectivity index (χ0v) is 9.88. The van der Waals surface area contributed by atoms with Gasteiger partial charge in [0.05, 0.1) is 5.54 Å². The number of carbonyl (C=O) groups excluding carboxylic acids is 1. The molecule has 0 aliphatic carbocycles. The van der Waals surface area contributed by atoms with Crippen molar-refractivity contribution in [1.29, 1.82) is 0 Å². The Morgan fingerprint density at radius 3 is 3.00 bits per heavy atom. The molecule has 0 aromatic heterocycles. The van der Waals surface area contributed by atoms with Crippen LogP contribution in [0.3, 0.4) is 0 Å². The smallest absolute Gasteiger partial charge is 0.240 e. The van der Waals surface area contributed by atoms with Crippen molar-refractivity contribution in [3.63, 3.8) is 0 Å².